The largest absolute Gasteiger partial charge is 0.480 e. The Bertz CT molecular complexity index is 691. The third kappa shape index (κ3) is 9.05. The minimum atomic E-state index is -4.24. The summed E-state index contributed by atoms with van der Waals surface area (Å²) in [5.74, 6) is -0.960. The highest BCUT2D eigenvalue weighted by atomic mass is 127. The average Bonchev–Trinajstić information content (AvgIpc) is 2.61. The van der Waals surface area contributed by atoms with Crippen LogP contribution in [-0.4, -0.2) is 45.9 Å². The normalized spacial score (nSPS) is 13.3. The van der Waals surface area contributed by atoms with Crippen LogP contribution in [-0.2, 0) is 4.79 Å². The fourth-order valence-electron chi connectivity index (χ4n) is 2.47. The molecule has 1 aromatic carbocycles. The maximum atomic E-state index is 12.4. The minimum absolute atomic E-state index is 0.101. The molecule has 28 heavy (non-hydrogen) atoms. The maximum Gasteiger partial charge on any atom is 0.389 e. The van der Waals surface area contributed by atoms with Crippen molar-refractivity contribution in [1.29, 1.82) is 0 Å². The summed E-state index contributed by atoms with van der Waals surface area (Å²) in [5.41, 5.74) is 1.05. The highest BCUT2D eigenvalue weighted by Gasteiger charge is 2.27. The van der Waals surface area contributed by atoms with Crippen molar-refractivity contribution < 1.29 is 28.2 Å². The molecule has 1 unspecified atom stereocenters. The predicted molar refractivity (Wildman–Crippen MR) is 111 cm³/mol. The van der Waals surface area contributed by atoms with E-state index in [2.05, 4.69) is 34.2 Å². The number of halogens is 4. The number of aliphatic hydroxyl groups is 1. The Morgan fingerprint density at radius 3 is 2.39 bits per heavy atom. The summed E-state index contributed by atoms with van der Waals surface area (Å²) in [6, 6.07) is 7.31. The lowest BCUT2D eigenvalue weighted by Crippen LogP contribution is -2.43. The second-order valence-electron chi connectivity index (χ2n) is 6.21. The van der Waals surface area contributed by atoms with Crippen LogP contribution in [0.2, 0.25) is 0 Å². The third-order valence-electron chi connectivity index (χ3n) is 3.91. The summed E-state index contributed by atoms with van der Waals surface area (Å²) in [7, 11) is 0. The fraction of sp³-hybridized carbons (Fsp3) is 0.474. The molecule has 5 nitrogen and oxygen atoms in total. The van der Waals surface area contributed by atoms with Crippen molar-refractivity contribution in [2.45, 2.75) is 51.4 Å². The van der Waals surface area contributed by atoms with Gasteiger partial charge < -0.3 is 15.1 Å². The second-order valence-corrected chi connectivity index (χ2v) is 7.46. The Labute approximate surface area is 176 Å². The quantitative estimate of drug-likeness (QED) is 0.154. The van der Waals surface area contributed by atoms with Gasteiger partial charge in [0.1, 0.15) is 18.6 Å². The van der Waals surface area contributed by atoms with E-state index in [0.29, 0.717) is 11.3 Å². The number of nitrogens with zero attached hydrogens (tertiary/aromatic N) is 2. The van der Waals surface area contributed by atoms with Gasteiger partial charge in [0.25, 0.3) is 0 Å². The van der Waals surface area contributed by atoms with Crippen LogP contribution in [0.4, 0.5) is 13.2 Å². The number of hydrogen-bond donors (Lipinski definition) is 2. The van der Waals surface area contributed by atoms with Gasteiger partial charge in [-0.3, -0.25) is 4.79 Å². The van der Waals surface area contributed by atoms with Gasteiger partial charge in [0.05, 0.1) is 5.70 Å². The summed E-state index contributed by atoms with van der Waals surface area (Å²) in [4.78, 5) is 16.8. The number of unbranched alkanes of at least 4 members (excludes halogenated alkanes) is 1. The van der Waals surface area contributed by atoms with Crippen molar-refractivity contribution in [3.63, 3.8) is 0 Å². The molecule has 156 valence electrons. The molecule has 0 saturated heterocycles. The molecule has 1 aromatic rings. The van der Waals surface area contributed by atoms with Crippen LogP contribution in [0.15, 0.2) is 35.8 Å². The molecule has 0 saturated carbocycles. The van der Waals surface area contributed by atoms with E-state index in [1.807, 2.05) is 12.1 Å². The van der Waals surface area contributed by atoms with Crippen LogP contribution in [0.25, 0.3) is 5.70 Å². The van der Waals surface area contributed by atoms with Crippen LogP contribution in [0.1, 0.15) is 44.6 Å². The lowest BCUT2D eigenvalue weighted by molar-refractivity contribution is -0.139. The van der Waals surface area contributed by atoms with Crippen molar-refractivity contribution in [3.05, 3.63) is 40.0 Å². The zero-order valence-corrected chi connectivity index (χ0v) is 17.7. The van der Waals surface area contributed by atoms with E-state index in [0.717, 1.165) is 3.57 Å². The standard InChI is InChI=1S/C19H24F3IN2O3/c1-3-17(26)25(12-18(27)28)16(6-4-5-11-19(20,21)22)24-13(2)14-7-9-15(23)10-8-14/h7-10,17,26H,2-6,11-12H2,1H3,(H,27,28). The Balaban J connectivity index is 3.07. The monoisotopic (exact) mass is 512 g/mol. The van der Waals surface area contributed by atoms with Crippen molar-refractivity contribution in [2.75, 3.05) is 6.54 Å². The van der Waals surface area contributed by atoms with E-state index in [4.69, 9.17) is 5.11 Å². The van der Waals surface area contributed by atoms with E-state index in [1.54, 1.807) is 19.1 Å². The van der Waals surface area contributed by atoms with Gasteiger partial charge >= 0.3 is 12.1 Å². The Morgan fingerprint density at radius 2 is 1.89 bits per heavy atom. The van der Waals surface area contributed by atoms with E-state index in [9.17, 15) is 23.1 Å². The predicted octanol–water partition coefficient (Wildman–Crippen LogP) is 4.90. The summed E-state index contributed by atoms with van der Waals surface area (Å²) >= 11 is 2.15. The molecular weight excluding hydrogens is 488 g/mol. The molecule has 2 N–H and O–H groups in total. The van der Waals surface area contributed by atoms with Crippen LogP contribution in [0.3, 0.4) is 0 Å². The number of carboxylic acid groups (broad SMARTS) is 1. The Kier molecular flexibility index (Phi) is 9.94. The average molecular weight is 512 g/mol. The Morgan fingerprint density at radius 1 is 1.29 bits per heavy atom. The van der Waals surface area contributed by atoms with Gasteiger partial charge in [0.2, 0.25) is 0 Å². The van der Waals surface area contributed by atoms with E-state index < -0.39 is 31.3 Å². The minimum Gasteiger partial charge on any atom is -0.480 e. The smallest absolute Gasteiger partial charge is 0.389 e. The molecule has 0 heterocycles. The number of amidine groups is 1. The SMILES string of the molecule is C=C(N=C(CCCCC(F)(F)F)N(CC(=O)O)C(O)CC)c1ccc(I)cc1. The number of aliphatic carboxylic acids is 1. The van der Waals surface area contributed by atoms with Gasteiger partial charge in [-0.1, -0.05) is 25.6 Å². The summed E-state index contributed by atoms with van der Waals surface area (Å²) in [5, 5.41) is 19.4. The molecule has 0 spiro atoms. The van der Waals surface area contributed by atoms with E-state index in [-0.39, 0.29) is 31.5 Å². The van der Waals surface area contributed by atoms with Gasteiger partial charge in [-0.25, -0.2) is 4.99 Å². The summed E-state index contributed by atoms with van der Waals surface area (Å²) < 4.78 is 38.2. The highest BCUT2D eigenvalue weighted by Crippen LogP contribution is 2.24. The van der Waals surface area contributed by atoms with Gasteiger partial charge in [0.15, 0.2) is 0 Å². The van der Waals surface area contributed by atoms with Crippen LogP contribution in [0, 0.1) is 3.57 Å². The number of alkyl halides is 3. The summed E-state index contributed by atoms with van der Waals surface area (Å²) in [6.07, 6.45) is -5.89. The molecule has 9 heteroatoms. The molecule has 0 aliphatic heterocycles. The maximum absolute atomic E-state index is 12.4. The number of hydrogen-bond acceptors (Lipinski definition) is 3. The molecule has 0 bridgehead atoms. The topological polar surface area (TPSA) is 73.1 Å². The number of benzene rings is 1. The van der Waals surface area contributed by atoms with E-state index >= 15 is 0 Å². The van der Waals surface area contributed by atoms with Crippen molar-refractivity contribution >= 4 is 40.1 Å². The van der Waals surface area contributed by atoms with Gasteiger partial charge in [-0.05, 0) is 59.5 Å². The molecular formula is C19H24F3IN2O3. The number of carboxylic acids is 1. The fourth-order valence-corrected chi connectivity index (χ4v) is 2.83. The lowest BCUT2D eigenvalue weighted by atomic mass is 10.1. The lowest BCUT2D eigenvalue weighted by Gasteiger charge is -2.29. The number of carbonyl (C=O) groups is 1. The first kappa shape index (κ1) is 24.4. The molecule has 1 atom stereocenters. The number of aliphatic hydroxyl groups excluding tert-OH is 1. The second kappa shape index (κ2) is 11.4. The third-order valence-corrected chi connectivity index (χ3v) is 4.63. The molecule has 0 amide bonds. The van der Waals surface area contributed by atoms with Crippen LogP contribution in [0.5, 0.6) is 0 Å². The van der Waals surface area contributed by atoms with Crippen LogP contribution < -0.4 is 0 Å². The molecule has 0 aliphatic rings. The zero-order valence-electron chi connectivity index (χ0n) is 15.5. The molecule has 0 aliphatic carbocycles. The molecule has 0 radical (unpaired) electrons. The first-order chi connectivity index (χ1) is 13.0. The number of rotatable bonds is 10. The van der Waals surface area contributed by atoms with Gasteiger partial charge in [0, 0.05) is 16.4 Å². The van der Waals surface area contributed by atoms with E-state index in [1.165, 1.54) is 4.90 Å². The van der Waals surface area contributed by atoms with Gasteiger partial charge in [-0.15, -0.1) is 0 Å². The van der Waals surface area contributed by atoms with Crippen molar-refractivity contribution in [2.24, 2.45) is 4.99 Å². The molecule has 0 fully saturated rings. The number of aliphatic imine (C=N–C) groups is 1. The summed E-state index contributed by atoms with van der Waals surface area (Å²) in [6.45, 7) is 5.05. The van der Waals surface area contributed by atoms with Crippen molar-refractivity contribution in [3.8, 4) is 0 Å². The van der Waals surface area contributed by atoms with Gasteiger partial charge in [-0.2, -0.15) is 13.2 Å². The first-order valence-corrected chi connectivity index (χ1v) is 9.87. The van der Waals surface area contributed by atoms with Crippen LogP contribution >= 0.6 is 22.6 Å². The first-order valence-electron chi connectivity index (χ1n) is 8.79. The zero-order chi connectivity index (χ0) is 21.3. The van der Waals surface area contributed by atoms with Crippen molar-refractivity contribution in [1.82, 2.24) is 4.90 Å². The highest BCUT2D eigenvalue weighted by molar-refractivity contribution is 14.1. The molecule has 1 rings (SSSR count). The Hall–Kier alpha value is -1.62. The molecule has 0 aromatic heterocycles.